The Morgan fingerprint density at radius 2 is 2.21 bits per heavy atom. The Hall–Kier alpha value is -0.550. The molecule has 0 aromatic heterocycles. The first-order valence-corrected chi connectivity index (χ1v) is 5.34. The van der Waals surface area contributed by atoms with Gasteiger partial charge in [-0.05, 0) is 33.6 Å². The molecular weight excluding hydrogens is 179 g/mol. The Labute approximate surface area is 86.0 Å². The number of alkyl halides is 1. The average molecular weight is 198 g/mol. The first kappa shape index (κ1) is 11.5. The van der Waals surface area contributed by atoms with E-state index in [0.717, 1.165) is 19.3 Å². The van der Waals surface area contributed by atoms with Crippen LogP contribution in [0.5, 0.6) is 0 Å². The predicted octanol–water partition coefficient (Wildman–Crippen LogP) is 3.09. The fourth-order valence-electron chi connectivity index (χ4n) is 1.75. The quantitative estimate of drug-likeness (QED) is 0.619. The van der Waals surface area contributed by atoms with Gasteiger partial charge in [-0.2, -0.15) is 0 Å². The van der Waals surface area contributed by atoms with Gasteiger partial charge in [0.2, 0.25) is 0 Å². The maximum atomic E-state index is 13.8. The van der Waals surface area contributed by atoms with E-state index in [1.807, 2.05) is 13.8 Å². The monoisotopic (exact) mass is 198 g/mol. The normalized spacial score (nSPS) is 33.1. The minimum atomic E-state index is -1.38. The van der Waals surface area contributed by atoms with Crippen molar-refractivity contribution in [1.29, 1.82) is 0 Å². The predicted molar refractivity (Wildman–Crippen MR) is 55.8 cm³/mol. The van der Waals surface area contributed by atoms with Crippen LogP contribution in [0.25, 0.3) is 0 Å². The third-order valence-electron chi connectivity index (χ3n) is 2.25. The van der Waals surface area contributed by atoms with Gasteiger partial charge >= 0.3 is 0 Å². The van der Waals surface area contributed by atoms with Crippen LogP contribution in [0.15, 0.2) is 0 Å². The second kappa shape index (κ2) is 4.79. The summed E-state index contributed by atoms with van der Waals surface area (Å²) in [7, 11) is 0. The highest BCUT2D eigenvalue weighted by atomic mass is 19.1. The standard InChI is InChI=1S/C12H19FO/c1-10(2)14-11-7-5-4-6-8-12(3,13)9-11/h10-11H,4-5,7,9H2,1-3H3. The van der Waals surface area contributed by atoms with E-state index in [9.17, 15) is 4.39 Å². The lowest BCUT2D eigenvalue weighted by Gasteiger charge is -2.25. The van der Waals surface area contributed by atoms with Gasteiger partial charge in [-0.3, -0.25) is 0 Å². The molecular formula is C12H19FO. The molecule has 1 aliphatic rings. The summed E-state index contributed by atoms with van der Waals surface area (Å²) in [5.41, 5.74) is -1.38. The van der Waals surface area contributed by atoms with Crippen LogP contribution in [-0.4, -0.2) is 17.9 Å². The zero-order valence-electron chi connectivity index (χ0n) is 9.27. The Balaban J connectivity index is 2.58. The minimum absolute atomic E-state index is 0.0274. The summed E-state index contributed by atoms with van der Waals surface area (Å²) in [6, 6.07) is 0. The Morgan fingerprint density at radius 1 is 1.50 bits per heavy atom. The third-order valence-corrected chi connectivity index (χ3v) is 2.25. The molecule has 1 nitrogen and oxygen atoms in total. The summed E-state index contributed by atoms with van der Waals surface area (Å²) >= 11 is 0. The molecule has 80 valence electrons. The van der Waals surface area contributed by atoms with Crippen molar-refractivity contribution >= 4 is 0 Å². The Morgan fingerprint density at radius 3 is 2.86 bits per heavy atom. The number of hydrogen-bond donors (Lipinski definition) is 0. The smallest absolute Gasteiger partial charge is 0.170 e. The van der Waals surface area contributed by atoms with Crippen LogP contribution in [0, 0.1) is 11.8 Å². The highest BCUT2D eigenvalue weighted by molar-refractivity contribution is 5.13. The van der Waals surface area contributed by atoms with E-state index < -0.39 is 5.67 Å². The molecule has 0 aliphatic heterocycles. The van der Waals surface area contributed by atoms with Gasteiger partial charge in [0.25, 0.3) is 0 Å². The van der Waals surface area contributed by atoms with Gasteiger partial charge in [-0.25, -0.2) is 4.39 Å². The van der Waals surface area contributed by atoms with Gasteiger partial charge in [0.1, 0.15) is 0 Å². The van der Waals surface area contributed by atoms with E-state index in [1.54, 1.807) is 6.92 Å². The van der Waals surface area contributed by atoms with Crippen LogP contribution in [0.3, 0.4) is 0 Å². The molecule has 0 bridgehead atoms. The number of halogens is 1. The van der Waals surface area contributed by atoms with Gasteiger partial charge < -0.3 is 4.74 Å². The van der Waals surface area contributed by atoms with Crippen LogP contribution in [-0.2, 0) is 4.74 Å². The molecule has 14 heavy (non-hydrogen) atoms. The largest absolute Gasteiger partial charge is 0.375 e. The lowest BCUT2D eigenvalue weighted by molar-refractivity contribution is -0.0213. The maximum absolute atomic E-state index is 13.8. The van der Waals surface area contributed by atoms with Crippen LogP contribution in [0.4, 0.5) is 4.39 Å². The Bertz CT molecular complexity index is 234. The fourth-order valence-corrected chi connectivity index (χ4v) is 1.75. The summed E-state index contributed by atoms with van der Waals surface area (Å²) in [5.74, 6) is 5.54. The first-order chi connectivity index (χ1) is 6.49. The zero-order chi connectivity index (χ0) is 10.6. The van der Waals surface area contributed by atoms with Gasteiger partial charge in [-0.15, -0.1) is 0 Å². The molecule has 0 heterocycles. The minimum Gasteiger partial charge on any atom is -0.375 e. The molecule has 0 aromatic carbocycles. The van der Waals surface area contributed by atoms with Gasteiger partial charge in [0.15, 0.2) is 5.67 Å². The highest BCUT2D eigenvalue weighted by Gasteiger charge is 2.27. The second-order valence-corrected chi connectivity index (χ2v) is 4.40. The van der Waals surface area contributed by atoms with Crippen molar-refractivity contribution in [2.45, 2.75) is 64.3 Å². The van der Waals surface area contributed by atoms with Crippen molar-refractivity contribution in [3.63, 3.8) is 0 Å². The molecule has 2 unspecified atom stereocenters. The molecule has 0 radical (unpaired) electrons. The van der Waals surface area contributed by atoms with Crippen LogP contribution in [0.1, 0.15) is 46.5 Å². The topological polar surface area (TPSA) is 9.23 Å². The molecule has 0 N–H and O–H groups in total. The molecule has 2 heteroatoms. The van der Waals surface area contributed by atoms with Crippen molar-refractivity contribution in [2.24, 2.45) is 0 Å². The summed E-state index contributed by atoms with van der Waals surface area (Å²) in [5, 5.41) is 0. The van der Waals surface area contributed by atoms with Crippen molar-refractivity contribution in [2.75, 3.05) is 0 Å². The van der Waals surface area contributed by atoms with E-state index in [1.165, 1.54) is 0 Å². The highest BCUT2D eigenvalue weighted by Crippen LogP contribution is 2.24. The molecule has 0 fully saturated rings. The van der Waals surface area contributed by atoms with E-state index >= 15 is 0 Å². The van der Waals surface area contributed by atoms with E-state index in [2.05, 4.69) is 11.8 Å². The number of hydrogen-bond acceptors (Lipinski definition) is 1. The molecule has 0 spiro atoms. The third kappa shape index (κ3) is 4.11. The first-order valence-electron chi connectivity index (χ1n) is 5.34. The SMILES string of the molecule is CC(C)OC1CCCC#CC(C)(F)C1. The average Bonchev–Trinajstić information content (AvgIpc) is 1.98. The van der Waals surface area contributed by atoms with Gasteiger partial charge in [0, 0.05) is 12.8 Å². The molecule has 1 rings (SSSR count). The van der Waals surface area contributed by atoms with Crippen LogP contribution in [0.2, 0.25) is 0 Å². The maximum Gasteiger partial charge on any atom is 0.170 e. The summed E-state index contributed by atoms with van der Waals surface area (Å²) in [6.45, 7) is 5.52. The second-order valence-electron chi connectivity index (χ2n) is 4.40. The van der Waals surface area contributed by atoms with Crippen LogP contribution < -0.4 is 0 Å². The van der Waals surface area contributed by atoms with E-state index in [0.29, 0.717) is 6.42 Å². The van der Waals surface area contributed by atoms with Gasteiger partial charge in [-0.1, -0.05) is 11.8 Å². The molecule has 0 aromatic rings. The van der Waals surface area contributed by atoms with E-state index in [-0.39, 0.29) is 12.2 Å². The summed E-state index contributed by atoms with van der Waals surface area (Å²) in [4.78, 5) is 0. The molecule has 1 aliphatic carbocycles. The molecule has 2 atom stereocenters. The number of ether oxygens (including phenoxy) is 1. The lowest BCUT2D eigenvalue weighted by Crippen LogP contribution is -2.28. The Kier molecular flexibility index (Phi) is 3.95. The zero-order valence-corrected chi connectivity index (χ0v) is 9.27. The lowest BCUT2D eigenvalue weighted by atomic mass is 9.95. The van der Waals surface area contributed by atoms with Gasteiger partial charge in [0.05, 0.1) is 12.2 Å². The summed E-state index contributed by atoms with van der Waals surface area (Å²) < 4.78 is 19.4. The van der Waals surface area contributed by atoms with Crippen LogP contribution >= 0.6 is 0 Å². The summed E-state index contributed by atoms with van der Waals surface area (Å²) in [6.07, 6.45) is 3.32. The van der Waals surface area contributed by atoms with Crippen molar-refractivity contribution in [1.82, 2.24) is 0 Å². The van der Waals surface area contributed by atoms with E-state index in [4.69, 9.17) is 4.74 Å². The molecule has 0 saturated heterocycles. The van der Waals surface area contributed by atoms with Crippen molar-refractivity contribution in [3.8, 4) is 11.8 Å². The van der Waals surface area contributed by atoms with Crippen molar-refractivity contribution in [3.05, 3.63) is 0 Å². The van der Waals surface area contributed by atoms with Crippen molar-refractivity contribution < 1.29 is 9.13 Å². The fraction of sp³-hybridized carbons (Fsp3) is 0.833. The number of rotatable bonds is 2. The molecule has 0 saturated carbocycles. The molecule has 0 amide bonds.